The first-order chi connectivity index (χ1) is 7.92. The first-order valence-electron chi connectivity index (χ1n) is 6.11. The summed E-state index contributed by atoms with van der Waals surface area (Å²) in [5.41, 5.74) is 1.43. The summed E-state index contributed by atoms with van der Waals surface area (Å²) < 4.78 is 2.35. The number of unbranched alkanes of at least 4 members (excludes halogenated alkanes) is 1. The van der Waals surface area contributed by atoms with E-state index in [9.17, 15) is 0 Å². The van der Waals surface area contributed by atoms with Gasteiger partial charge in [-0.25, -0.2) is 4.98 Å². The van der Waals surface area contributed by atoms with E-state index in [1.54, 1.807) is 0 Å². The van der Waals surface area contributed by atoms with Crippen LogP contribution in [0.25, 0.3) is 0 Å². The third kappa shape index (κ3) is 3.01. The normalized spacial score (nSPS) is 20.4. The summed E-state index contributed by atoms with van der Waals surface area (Å²) in [6, 6.07) is 0. The Morgan fingerprint density at radius 1 is 1.56 bits per heavy atom. The van der Waals surface area contributed by atoms with Crippen molar-refractivity contribution in [1.29, 1.82) is 0 Å². The van der Waals surface area contributed by atoms with Crippen molar-refractivity contribution < 1.29 is 0 Å². The third-order valence-corrected chi connectivity index (χ3v) is 3.92. The molecule has 4 heteroatoms. The van der Waals surface area contributed by atoms with Crippen molar-refractivity contribution in [3.05, 3.63) is 18.2 Å². The van der Waals surface area contributed by atoms with Gasteiger partial charge in [0.1, 0.15) is 0 Å². The molecular weight excluding hydrogens is 218 g/mol. The molecule has 0 aliphatic carbocycles. The van der Waals surface area contributed by atoms with Crippen LogP contribution in [0.5, 0.6) is 0 Å². The Hall–Kier alpha value is -0.480. The number of nitrogens with one attached hydrogen (secondary N) is 1. The largest absolute Gasteiger partial charge is 0.334 e. The molecule has 0 amide bonds. The molecule has 1 fully saturated rings. The summed E-state index contributed by atoms with van der Waals surface area (Å²) >= 11 is 1.93. The van der Waals surface area contributed by atoms with Gasteiger partial charge < -0.3 is 9.88 Å². The van der Waals surface area contributed by atoms with Crippen molar-refractivity contribution in [2.75, 3.05) is 25.1 Å². The van der Waals surface area contributed by atoms with Gasteiger partial charge in [0.25, 0.3) is 0 Å². The van der Waals surface area contributed by atoms with Gasteiger partial charge in [0.05, 0.1) is 6.33 Å². The predicted octanol–water partition coefficient (Wildman–Crippen LogP) is 2.10. The van der Waals surface area contributed by atoms with Gasteiger partial charge >= 0.3 is 0 Å². The van der Waals surface area contributed by atoms with Gasteiger partial charge in [-0.15, -0.1) is 0 Å². The van der Waals surface area contributed by atoms with Crippen LogP contribution in [0.4, 0.5) is 0 Å². The molecule has 16 heavy (non-hydrogen) atoms. The van der Waals surface area contributed by atoms with Crippen molar-refractivity contribution in [1.82, 2.24) is 14.9 Å². The SMILES string of the molecule is CSCCCCn1cncc1C1CCNC1. The summed E-state index contributed by atoms with van der Waals surface area (Å²) in [6.07, 6.45) is 10.0. The lowest BCUT2D eigenvalue weighted by atomic mass is 10.1. The van der Waals surface area contributed by atoms with E-state index in [2.05, 4.69) is 21.1 Å². The molecule has 1 unspecified atom stereocenters. The van der Waals surface area contributed by atoms with Crippen molar-refractivity contribution in [2.24, 2.45) is 0 Å². The van der Waals surface area contributed by atoms with Crippen LogP contribution in [0.1, 0.15) is 30.9 Å². The minimum atomic E-state index is 0.683. The molecular formula is C12H21N3S. The highest BCUT2D eigenvalue weighted by atomic mass is 32.2. The highest BCUT2D eigenvalue weighted by Gasteiger charge is 2.19. The Kier molecular flexibility index (Phi) is 4.72. The highest BCUT2D eigenvalue weighted by Crippen LogP contribution is 2.22. The fourth-order valence-electron chi connectivity index (χ4n) is 2.29. The van der Waals surface area contributed by atoms with Crippen LogP contribution in [-0.2, 0) is 6.54 Å². The smallest absolute Gasteiger partial charge is 0.0948 e. The number of imidazole rings is 1. The number of aryl methyl sites for hydroxylation is 1. The summed E-state index contributed by atoms with van der Waals surface area (Å²) in [5.74, 6) is 1.96. The summed E-state index contributed by atoms with van der Waals surface area (Å²) in [7, 11) is 0. The first kappa shape index (κ1) is 12.0. The van der Waals surface area contributed by atoms with Crippen LogP contribution in [0.2, 0.25) is 0 Å². The maximum atomic E-state index is 4.30. The van der Waals surface area contributed by atoms with E-state index in [4.69, 9.17) is 0 Å². The minimum Gasteiger partial charge on any atom is -0.334 e. The van der Waals surface area contributed by atoms with Crippen LogP contribution in [-0.4, -0.2) is 34.6 Å². The monoisotopic (exact) mass is 239 g/mol. The van der Waals surface area contributed by atoms with Gasteiger partial charge in [-0.2, -0.15) is 11.8 Å². The molecule has 0 aromatic carbocycles. The predicted molar refractivity (Wildman–Crippen MR) is 70.1 cm³/mol. The average molecular weight is 239 g/mol. The van der Waals surface area contributed by atoms with E-state index < -0.39 is 0 Å². The van der Waals surface area contributed by atoms with E-state index >= 15 is 0 Å². The second-order valence-electron chi connectivity index (χ2n) is 4.40. The fourth-order valence-corrected chi connectivity index (χ4v) is 2.79. The number of hydrogen-bond donors (Lipinski definition) is 1. The maximum Gasteiger partial charge on any atom is 0.0948 e. The Bertz CT molecular complexity index is 305. The average Bonchev–Trinajstić information content (AvgIpc) is 2.94. The molecule has 0 saturated carbocycles. The zero-order chi connectivity index (χ0) is 11.2. The van der Waals surface area contributed by atoms with Gasteiger partial charge in [0, 0.05) is 30.9 Å². The summed E-state index contributed by atoms with van der Waals surface area (Å²) in [5, 5.41) is 3.42. The highest BCUT2D eigenvalue weighted by molar-refractivity contribution is 7.98. The van der Waals surface area contributed by atoms with Gasteiger partial charge in [-0.3, -0.25) is 0 Å². The molecule has 2 rings (SSSR count). The topological polar surface area (TPSA) is 29.9 Å². The molecule has 1 atom stereocenters. The number of thioether (sulfide) groups is 1. The number of hydrogen-bond acceptors (Lipinski definition) is 3. The Labute approximate surface area is 102 Å². The number of rotatable bonds is 6. The van der Waals surface area contributed by atoms with Crippen molar-refractivity contribution in [3.8, 4) is 0 Å². The van der Waals surface area contributed by atoms with Crippen molar-refractivity contribution in [2.45, 2.75) is 31.7 Å². The molecule has 0 bridgehead atoms. The molecule has 0 radical (unpaired) electrons. The second-order valence-corrected chi connectivity index (χ2v) is 5.39. The van der Waals surface area contributed by atoms with E-state index in [1.807, 2.05) is 24.3 Å². The summed E-state index contributed by atoms with van der Waals surface area (Å²) in [6.45, 7) is 3.41. The molecule has 1 aromatic rings. The molecule has 0 spiro atoms. The van der Waals surface area contributed by atoms with Crippen LogP contribution in [0.3, 0.4) is 0 Å². The Morgan fingerprint density at radius 3 is 3.25 bits per heavy atom. The van der Waals surface area contributed by atoms with Gasteiger partial charge in [0.15, 0.2) is 0 Å². The zero-order valence-electron chi connectivity index (χ0n) is 9.98. The van der Waals surface area contributed by atoms with E-state index in [1.165, 1.54) is 30.7 Å². The third-order valence-electron chi connectivity index (χ3n) is 3.22. The molecule has 1 N–H and O–H groups in total. The lowest BCUT2D eigenvalue weighted by Crippen LogP contribution is -2.11. The van der Waals surface area contributed by atoms with E-state index in [0.717, 1.165) is 19.6 Å². The van der Waals surface area contributed by atoms with Crippen molar-refractivity contribution in [3.63, 3.8) is 0 Å². The Morgan fingerprint density at radius 2 is 2.50 bits per heavy atom. The quantitative estimate of drug-likeness (QED) is 0.771. The standard InChI is InChI=1S/C12H21N3S/c1-16-7-3-2-6-15-10-14-9-12(15)11-4-5-13-8-11/h9-11,13H,2-8H2,1H3. The van der Waals surface area contributed by atoms with Crippen LogP contribution >= 0.6 is 11.8 Å². The van der Waals surface area contributed by atoms with E-state index in [-0.39, 0.29) is 0 Å². The van der Waals surface area contributed by atoms with E-state index in [0.29, 0.717) is 5.92 Å². The lowest BCUT2D eigenvalue weighted by Gasteiger charge is -2.12. The Balaban J connectivity index is 1.86. The molecule has 1 aromatic heterocycles. The minimum absolute atomic E-state index is 0.683. The zero-order valence-corrected chi connectivity index (χ0v) is 10.8. The molecule has 1 aliphatic rings. The van der Waals surface area contributed by atoms with Gasteiger partial charge in [-0.05, 0) is 37.8 Å². The molecule has 2 heterocycles. The molecule has 90 valence electrons. The number of nitrogens with zero attached hydrogens (tertiary/aromatic N) is 2. The number of aromatic nitrogens is 2. The van der Waals surface area contributed by atoms with Crippen LogP contribution in [0, 0.1) is 0 Å². The van der Waals surface area contributed by atoms with Crippen LogP contribution < -0.4 is 5.32 Å². The molecule has 3 nitrogen and oxygen atoms in total. The molecule has 1 saturated heterocycles. The molecule has 1 aliphatic heterocycles. The first-order valence-corrected chi connectivity index (χ1v) is 7.51. The fraction of sp³-hybridized carbons (Fsp3) is 0.750. The van der Waals surface area contributed by atoms with Crippen LogP contribution in [0.15, 0.2) is 12.5 Å². The van der Waals surface area contributed by atoms with Gasteiger partial charge in [-0.1, -0.05) is 0 Å². The maximum absolute atomic E-state index is 4.30. The summed E-state index contributed by atoms with van der Waals surface area (Å²) in [4.78, 5) is 4.30. The second kappa shape index (κ2) is 6.30. The van der Waals surface area contributed by atoms with Gasteiger partial charge in [0.2, 0.25) is 0 Å². The van der Waals surface area contributed by atoms with Crippen molar-refractivity contribution >= 4 is 11.8 Å². The lowest BCUT2D eigenvalue weighted by molar-refractivity contribution is 0.581.